The van der Waals surface area contributed by atoms with Gasteiger partial charge >= 0.3 is 6.18 Å². The van der Waals surface area contributed by atoms with Crippen LogP contribution in [0.3, 0.4) is 0 Å². The molecule has 2 nitrogen and oxygen atoms in total. The standard InChI is InChI=1S/C13H15F3N2/c14-13(15,16)5-1-6-18-7-4-11-3-2-10(9-17)8-12(11)18/h2-4,7-8H,1,5-6,9,17H2. The van der Waals surface area contributed by atoms with Crippen molar-refractivity contribution in [2.45, 2.75) is 32.1 Å². The van der Waals surface area contributed by atoms with Crippen LogP contribution in [0.4, 0.5) is 13.2 Å². The summed E-state index contributed by atoms with van der Waals surface area (Å²) in [6, 6.07) is 7.71. The second kappa shape index (κ2) is 5.02. The zero-order valence-corrected chi connectivity index (χ0v) is 9.87. The molecule has 0 saturated heterocycles. The molecular formula is C13H15F3N2. The highest BCUT2D eigenvalue weighted by Crippen LogP contribution is 2.23. The van der Waals surface area contributed by atoms with Gasteiger partial charge in [0.25, 0.3) is 0 Å². The third kappa shape index (κ3) is 3.04. The van der Waals surface area contributed by atoms with Crippen molar-refractivity contribution < 1.29 is 13.2 Å². The van der Waals surface area contributed by atoms with E-state index in [1.807, 2.05) is 35.0 Å². The highest BCUT2D eigenvalue weighted by Gasteiger charge is 2.26. The lowest BCUT2D eigenvalue weighted by molar-refractivity contribution is -0.135. The number of halogens is 3. The van der Waals surface area contributed by atoms with Crippen molar-refractivity contribution in [3.8, 4) is 0 Å². The van der Waals surface area contributed by atoms with Crippen LogP contribution in [0.2, 0.25) is 0 Å². The van der Waals surface area contributed by atoms with Crippen LogP contribution in [0.5, 0.6) is 0 Å². The number of alkyl halides is 3. The van der Waals surface area contributed by atoms with E-state index in [9.17, 15) is 13.2 Å². The van der Waals surface area contributed by atoms with E-state index >= 15 is 0 Å². The fourth-order valence-corrected chi connectivity index (χ4v) is 2.00. The average molecular weight is 256 g/mol. The van der Waals surface area contributed by atoms with Crippen molar-refractivity contribution >= 4 is 10.9 Å². The van der Waals surface area contributed by atoms with E-state index in [1.165, 1.54) is 0 Å². The van der Waals surface area contributed by atoms with Crippen molar-refractivity contribution in [1.29, 1.82) is 0 Å². The number of hydrogen-bond acceptors (Lipinski definition) is 1. The lowest BCUT2D eigenvalue weighted by atomic mass is 10.1. The molecular weight excluding hydrogens is 241 g/mol. The van der Waals surface area contributed by atoms with Crippen molar-refractivity contribution in [3.63, 3.8) is 0 Å². The molecule has 0 amide bonds. The van der Waals surface area contributed by atoms with Crippen molar-refractivity contribution in [3.05, 3.63) is 36.0 Å². The van der Waals surface area contributed by atoms with Gasteiger partial charge in [-0.3, -0.25) is 0 Å². The topological polar surface area (TPSA) is 30.9 Å². The molecule has 0 fully saturated rings. The summed E-state index contributed by atoms with van der Waals surface area (Å²) < 4.78 is 38.1. The number of aryl methyl sites for hydroxylation is 1. The largest absolute Gasteiger partial charge is 0.389 e. The van der Waals surface area contributed by atoms with E-state index in [4.69, 9.17) is 5.73 Å². The Bertz CT molecular complexity index is 529. The molecule has 0 unspecified atom stereocenters. The number of aromatic nitrogens is 1. The lowest BCUT2D eigenvalue weighted by Gasteiger charge is -2.08. The van der Waals surface area contributed by atoms with E-state index < -0.39 is 12.6 Å². The molecule has 0 radical (unpaired) electrons. The SMILES string of the molecule is NCc1ccc2ccn(CCCC(F)(F)F)c2c1. The Labute approximate surface area is 103 Å². The minimum atomic E-state index is -4.08. The summed E-state index contributed by atoms with van der Waals surface area (Å²) in [6.45, 7) is 0.806. The van der Waals surface area contributed by atoms with Gasteiger partial charge < -0.3 is 10.3 Å². The third-order valence-corrected chi connectivity index (χ3v) is 2.93. The summed E-state index contributed by atoms with van der Waals surface area (Å²) >= 11 is 0. The summed E-state index contributed by atoms with van der Waals surface area (Å²) in [6.07, 6.45) is -2.91. The molecule has 0 aliphatic heterocycles. The van der Waals surface area contributed by atoms with Crippen LogP contribution < -0.4 is 5.73 Å². The maximum absolute atomic E-state index is 12.1. The second-order valence-corrected chi connectivity index (χ2v) is 4.33. The Morgan fingerprint density at radius 1 is 1.17 bits per heavy atom. The second-order valence-electron chi connectivity index (χ2n) is 4.33. The third-order valence-electron chi connectivity index (χ3n) is 2.93. The lowest BCUT2D eigenvalue weighted by Crippen LogP contribution is -2.09. The minimum Gasteiger partial charge on any atom is -0.347 e. The van der Waals surface area contributed by atoms with E-state index in [2.05, 4.69) is 0 Å². The normalized spacial score (nSPS) is 12.2. The van der Waals surface area contributed by atoms with E-state index in [-0.39, 0.29) is 6.42 Å². The maximum atomic E-state index is 12.1. The highest BCUT2D eigenvalue weighted by atomic mass is 19.4. The van der Waals surface area contributed by atoms with Gasteiger partial charge in [-0.25, -0.2) is 0 Å². The first-order chi connectivity index (χ1) is 8.49. The number of nitrogens with zero attached hydrogens (tertiary/aromatic N) is 1. The molecule has 1 aromatic carbocycles. The predicted molar refractivity (Wildman–Crippen MR) is 65.1 cm³/mol. The van der Waals surface area contributed by atoms with Gasteiger partial charge in [-0.1, -0.05) is 12.1 Å². The molecule has 2 rings (SSSR count). The highest BCUT2D eigenvalue weighted by molar-refractivity contribution is 5.80. The number of hydrogen-bond donors (Lipinski definition) is 1. The molecule has 0 spiro atoms. The van der Waals surface area contributed by atoms with E-state index in [0.29, 0.717) is 13.1 Å². The first-order valence-electron chi connectivity index (χ1n) is 5.84. The molecule has 0 aliphatic carbocycles. The predicted octanol–water partition coefficient (Wildman–Crippen LogP) is 3.44. The van der Waals surface area contributed by atoms with Gasteiger partial charge in [0.15, 0.2) is 0 Å². The molecule has 0 atom stereocenters. The molecule has 18 heavy (non-hydrogen) atoms. The Hall–Kier alpha value is -1.49. The van der Waals surface area contributed by atoms with Crippen LogP contribution in [-0.2, 0) is 13.1 Å². The Kier molecular flexibility index (Phi) is 3.61. The number of fused-ring (bicyclic) bond motifs is 1. The summed E-state index contributed by atoms with van der Waals surface area (Å²) in [4.78, 5) is 0. The maximum Gasteiger partial charge on any atom is 0.389 e. The molecule has 0 bridgehead atoms. The molecule has 98 valence electrons. The summed E-state index contributed by atoms with van der Waals surface area (Å²) in [7, 11) is 0. The summed E-state index contributed by atoms with van der Waals surface area (Å²) in [5.41, 5.74) is 7.49. The van der Waals surface area contributed by atoms with Crippen LogP contribution in [0.25, 0.3) is 10.9 Å². The molecule has 2 N–H and O–H groups in total. The van der Waals surface area contributed by atoms with E-state index in [1.54, 1.807) is 0 Å². The van der Waals surface area contributed by atoms with Gasteiger partial charge in [-0.2, -0.15) is 13.2 Å². The molecule has 1 aromatic heterocycles. The molecule has 2 aromatic rings. The van der Waals surface area contributed by atoms with Crippen molar-refractivity contribution in [1.82, 2.24) is 4.57 Å². The van der Waals surface area contributed by atoms with Crippen molar-refractivity contribution in [2.24, 2.45) is 5.73 Å². The molecule has 0 saturated carbocycles. The number of rotatable bonds is 4. The Morgan fingerprint density at radius 2 is 1.94 bits per heavy atom. The number of benzene rings is 1. The quantitative estimate of drug-likeness (QED) is 0.892. The zero-order chi connectivity index (χ0) is 13.2. The van der Waals surface area contributed by atoms with Crippen LogP contribution in [0, 0.1) is 0 Å². The monoisotopic (exact) mass is 256 g/mol. The Balaban J connectivity index is 2.13. The van der Waals surface area contributed by atoms with Crippen LogP contribution in [-0.4, -0.2) is 10.7 Å². The van der Waals surface area contributed by atoms with Gasteiger partial charge in [-0.15, -0.1) is 0 Å². The summed E-state index contributed by atoms with van der Waals surface area (Å²) in [5.74, 6) is 0. The summed E-state index contributed by atoms with van der Waals surface area (Å²) in [5, 5.41) is 1.03. The minimum absolute atomic E-state index is 0.0974. The van der Waals surface area contributed by atoms with Gasteiger partial charge in [-0.05, 0) is 29.5 Å². The fourth-order valence-electron chi connectivity index (χ4n) is 2.00. The molecule has 5 heteroatoms. The van der Waals surface area contributed by atoms with Crippen LogP contribution in [0.1, 0.15) is 18.4 Å². The zero-order valence-electron chi connectivity index (χ0n) is 9.87. The van der Waals surface area contributed by atoms with Gasteiger partial charge in [0.1, 0.15) is 0 Å². The van der Waals surface area contributed by atoms with Gasteiger partial charge in [0, 0.05) is 31.2 Å². The fraction of sp³-hybridized carbons (Fsp3) is 0.385. The van der Waals surface area contributed by atoms with Gasteiger partial charge in [0.2, 0.25) is 0 Å². The van der Waals surface area contributed by atoms with Gasteiger partial charge in [0.05, 0.1) is 0 Å². The first kappa shape index (κ1) is 13.0. The number of nitrogens with two attached hydrogens (primary N) is 1. The average Bonchev–Trinajstić information content (AvgIpc) is 2.70. The van der Waals surface area contributed by atoms with E-state index in [0.717, 1.165) is 16.5 Å². The smallest absolute Gasteiger partial charge is 0.347 e. The molecule has 1 heterocycles. The first-order valence-corrected chi connectivity index (χ1v) is 5.84. The van der Waals surface area contributed by atoms with Crippen LogP contribution in [0.15, 0.2) is 30.5 Å². The molecule has 0 aliphatic rings. The van der Waals surface area contributed by atoms with Crippen molar-refractivity contribution in [2.75, 3.05) is 0 Å². The Morgan fingerprint density at radius 3 is 2.61 bits per heavy atom. The van der Waals surface area contributed by atoms with Crippen LogP contribution >= 0.6 is 0 Å².